The van der Waals surface area contributed by atoms with E-state index in [1.807, 2.05) is 4.68 Å². The maximum Gasteiger partial charge on any atom is 0.140 e. The molecule has 1 N–H and O–H groups in total. The first-order valence-electron chi connectivity index (χ1n) is 7.82. The molecule has 1 atom stereocenters. The molecule has 114 valence electrons. The number of aryl methyl sites for hydroxylation is 1. The zero-order valence-electron chi connectivity index (χ0n) is 13.4. The Hall–Kier alpha value is -0.940. The van der Waals surface area contributed by atoms with Gasteiger partial charge in [-0.25, -0.2) is 9.67 Å². The van der Waals surface area contributed by atoms with Crippen molar-refractivity contribution in [2.75, 3.05) is 19.6 Å². The second kappa shape index (κ2) is 6.68. The lowest BCUT2D eigenvalue weighted by atomic mass is 9.96. The minimum Gasteiger partial charge on any atom is -0.312 e. The molecule has 0 aromatic carbocycles. The average molecular weight is 279 g/mol. The minimum absolute atomic E-state index is 0.213. The molecule has 0 aliphatic carbocycles. The van der Waals surface area contributed by atoms with Crippen molar-refractivity contribution in [1.82, 2.24) is 25.0 Å². The lowest BCUT2D eigenvalue weighted by Crippen LogP contribution is -2.44. The van der Waals surface area contributed by atoms with Crippen LogP contribution in [-0.4, -0.2) is 44.8 Å². The molecule has 0 amide bonds. The van der Waals surface area contributed by atoms with Crippen molar-refractivity contribution >= 4 is 0 Å². The maximum absolute atomic E-state index is 4.39. The normalized spacial score (nSPS) is 21.3. The first kappa shape index (κ1) is 15.4. The summed E-state index contributed by atoms with van der Waals surface area (Å²) in [6.07, 6.45) is 4.29. The molecular formula is C15H29N5. The van der Waals surface area contributed by atoms with E-state index in [0.717, 1.165) is 31.4 Å². The number of nitrogens with one attached hydrogen (secondary N) is 1. The summed E-state index contributed by atoms with van der Waals surface area (Å²) in [6.45, 7) is 14.1. The largest absolute Gasteiger partial charge is 0.312 e. The first-order valence-corrected chi connectivity index (χ1v) is 7.82. The van der Waals surface area contributed by atoms with E-state index in [1.165, 1.54) is 25.9 Å². The third kappa shape index (κ3) is 4.56. The Morgan fingerprint density at radius 3 is 2.90 bits per heavy atom. The number of aromatic nitrogens is 3. The fourth-order valence-corrected chi connectivity index (χ4v) is 2.79. The number of likely N-dealkylation sites (tertiary alicyclic amines) is 1. The molecule has 1 aromatic rings. The van der Waals surface area contributed by atoms with Gasteiger partial charge >= 0.3 is 0 Å². The second-order valence-electron chi connectivity index (χ2n) is 6.87. The van der Waals surface area contributed by atoms with E-state index in [4.69, 9.17) is 0 Å². The molecule has 1 aromatic heterocycles. The van der Waals surface area contributed by atoms with Gasteiger partial charge in [0.1, 0.15) is 12.2 Å². The molecule has 1 fully saturated rings. The zero-order valence-corrected chi connectivity index (χ0v) is 13.4. The van der Waals surface area contributed by atoms with Gasteiger partial charge < -0.3 is 5.32 Å². The van der Waals surface area contributed by atoms with E-state index in [9.17, 15) is 0 Å². The summed E-state index contributed by atoms with van der Waals surface area (Å²) in [6, 6.07) is 0. The molecule has 2 heterocycles. The van der Waals surface area contributed by atoms with Crippen molar-refractivity contribution < 1.29 is 0 Å². The monoisotopic (exact) mass is 279 g/mol. The van der Waals surface area contributed by atoms with Crippen molar-refractivity contribution in [1.29, 1.82) is 0 Å². The molecule has 1 saturated heterocycles. The maximum atomic E-state index is 4.39. The summed E-state index contributed by atoms with van der Waals surface area (Å²) in [5.41, 5.74) is 0.213. The van der Waals surface area contributed by atoms with Crippen molar-refractivity contribution in [2.45, 2.75) is 59.2 Å². The van der Waals surface area contributed by atoms with Crippen LogP contribution in [0.2, 0.25) is 0 Å². The quantitative estimate of drug-likeness (QED) is 0.894. The van der Waals surface area contributed by atoms with E-state index < -0.39 is 0 Å². The fourth-order valence-electron chi connectivity index (χ4n) is 2.79. The lowest BCUT2D eigenvalue weighted by Gasteiger charge is -2.34. The standard InChI is InChI=1S/C15H29N5/c1-5-20-14(16-12-18-20)11-19-8-6-7-13(10-19)9-17-15(2,3)4/h12-13,17H,5-11H2,1-4H3. The molecule has 20 heavy (non-hydrogen) atoms. The van der Waals surface area contributed by atoms with Gasteiger partial charge in [0.05, 0.1) is 6.54 Å². The zero-order chi connectivity index (χ0) is 14.6. The van der Waals surface area contributed by atoms with Crippen LogP contribution in [0.3, 0.4) is 0 Å². The third-order valence-electron chi connectivity index (χ3n) is 3.88. The first-order chi connectivity index (χ1) is 9.48. The van der Waals surface area contributed by atoms with Crippen molar-refractivity contribution in [3.05, 3.63) is 12.2 Å². The second-order valence-corrected chi connectivity index (χ2v) is 6.87. The van der Waals surface area contributed by atoms with Gasteiger partial charge in [0, 0.05) is 18.6 Å². The van der Waals surface area contributed by atoms with Gasteiger partial charge in [0.2, 0.25) is 0 Å². The Labute approximate surface area is 122 Å². The lowest BCUT2D eigenvalue weighted by molar-refractivity contribution is 0.154. The van der Waals surface area contributed by atoms with Crippen LogP contribution in [0.4, 0.5) is 0 Å². The summed E-state index contributed by atoms with van der Waals surface area (Å²) < 4.78 is 2.00. The summed E-state index contributed by atoms with van der Waals surface area (Å²) in [5, 5.41) is 7.89. The Morgan fingerprint density at radius 2 is 2.20 bits per heavy atom. The van der Waals surface area contributed by atoms with Gasteiger partial charge in [0.25, 0.3) is 0 Å². The summed E-state index contributed by atoms with van der Waals surface area (Å²) in [7, 11) is 0. The van der Waals surface area contributed by atoms with Crippen LogP contribution in [0.1, 0.15) is 46.4 Å². The average Bonchev–Trinajstić information content (AvgIpc) is 2.83. The number of hydrogen-bond acceptors (Lipinski definition) is 4. The van der Waals surface area contributed by atoms with Crippen LogP contribution in [0.15, 0.2) is 6.33 Å². The van der Waals surface area contributed by atoms with Crippen LogP contribution < -0.4 is 5.32 Å². The Morgan fingerprint density at radius 1 is 1.40 bits per heavy atom. The highest BCUT2D eigenvalue weighted by Crippen LogP contribution is 2.18. The SMILES string of the molecule is CCn1ncnc1CN1CCCC(CNC(C)(C)C)C1. The van der Waals surface area contributed by atoms with Gasteiger partial charge in [0.15, 0.2) is 0 Å². The molecular weight excluding hydrogens is 250 g/mol. The summed E-state index contributed by atoms with van der Waals surface area (Å²) in [4.78, 5) is 6.91. The molecule has 1 unspecified atom stereocenters. The Bertz CT molecular complexity index is 407. The molecule has 5 heteroatoms. The fraction of sp³-hybridized carbons (Fsp3) is 0.867. The molecule has 1 aliphatic rings. The number of nitrogens with zero attached hydrogens (tertiary/aromatic N) is 4. The van der Waals surface area contributed by atoms with Gasteiger partial charge in [-0.3, -0.25) is 4.90 Å². The summed E-state index contributed by atoms with van der Waals surface area (Å²) >= 11 is 0. The minimum atomic E-state index is 0.213. The third-order valence-corrected chi connectivity index (χ3v) is 3.88. The van der Waals surface area contributed by atoms with E-state index in [0.29, 0.717) is 0 Å². The highest BCUT2D eigenvalue weighted by Gasteiger charge is 2.22. The van der Waals surface area contributed by atoms with E-state index >= 15 is 0 Å². The van der Waals surface area contributed by atoms with Gasteiger partial charge in [-0.2, -0.15) is 5.10 Å². The predicted octanol–water partition coefficient (Wildman–Crippen LogP) is 1.90. The van der Waals surface area contributed by atoms with Crippen LogP contribution in [0.25, 0.3) is 0 Å². The highest BCUT2D eigenvalue weighted by molar-refractivity contribution is 4.87. The van der Waals surface area contributed by atoms with Crippen molar-refractivity contribution in [3.63, 3.8) is 0 Å². The molecule has 0 bridgehead atoms. The molecule has 5 nitrogen and oxygen atoms in total. The van der Waals surface area contributed by atoms with Crippen LogP contribution >= 0.6 is 0 Å². The molecule has 0 saturated carbocycles. The van der Waals surface area contributed by atoms with Gasteiger partial charge in [-0.1, -0.05) is 0 Å². The van der Waals surface area contributed by atoms with Crippen LogP contribution in [-0.2, 0) is 13.1 Å². The van der Waals surface area contributed by atoms with E-state index in [1.54, 1.807) is 6.33 Å². The number of piperidine rings is 1. The Kier molecular flexibility index (Phi) is 5.16. The molecule has 1 aliphatic heterocycles. The number of rotatable bonds is 5. The van der Waals surface area contributed by atoms with E-state index in [2.05, 4.69) is 48.0 Å². The predicted molar refractivity (Wildman–Crippen MR) is 81.5 cm³/mol. The van der Waals surface area contributed by atoms with E-state index in [-0.39, 0.29) is 5.54 Å². The summed E-state index contributed by atoms with van der Waals surface area (Å²) in [5.74, 6) is 1.85. The highest BCUT2D eigenvalue weighted by atomic mass is 15.3. The van der Waals surface area contributed by atoms with Crippen molar-refractivity contribution in [3.8, 4) is 0 Å². The molecule has 2 rings (SSSR count). The Balaban J connectivity index is 1.84. The molecule has 0 spiro atoms. The molecule has 0 radical (unpaired) electrons. The van der Waals surface area contributed by atoms with Gasteiger partial charge in [-0.15, -0.1) is 0 Å². The number of hydrogen-bond donors (Lipinski definition) is 1. The van der Waals surface area contributed by atoms with Crippen LogP contribution in [0, 0.1) is 5.92 Å². The van der Waals surface area contributed by atoms with Crippen LogP contribution in [0.5, 0.6) is 0 Å². The van der Waals surface area contributed by atoms with Gasteiger partial charge in [-0.05, 0) is 59.5 Å². The topological polar surface area (TPSA) is 46.0 Å². The smallest absolute Gasteiger partial charge is 0.140 e. The van der Waals surface area contributed by atoms with Crippen molar-refractivity contribution in [2.24, 2.45) is 5.92 Å².